The lowest BCUT2D eigenvalue weighted by molar-refractivity contribution is -0.144. The molecule has 3 amide bonds. The Hall–Kier alpha value is -4.12. The number of rotatable bonds is 11. The molecule has 210 valence electrons. The number of carbonyl (C=O) groups excluding carboxylic acids is 3. The van der Waals surface area contributed by atoms with Gasteiger partial charge in [-0.3, -0.25) is 19.2 Å². The number of nitrogens with zero attached hydrogens (tertiary/aromatic N) is 1. The highest BCUT2D eigenvalue weighted by atomic mass is 16.4. The molecule has 3 atom stereocenters. The summed E-state index contributed by atoms with van der Waals surface area (Å²) in [6.45, 7) is 2.31. The van der Waals surface area contributed by atoms with Crippen molar-refractivity contribution < 1.29 is 24.3 Å². The molecular weight excluding hydrogens is 506 g/mol. The number of hydrogen-bond donors (Lipinski definition) is 3. The quantitative estimate of drug-likeness (QED) is 0.293. The molecule has 2 aromatic carbocycles. The molecule has 8 heteroatoms. The van der Waals surface area contributed by atoms with Crippen LogP contribution in [0.3, 0.4) is 0 Å². The fourth-order valence-electron chi connectivity index (χ4n) is 5.73. The molecule has 0 aromatic heterocycles. The SMILES string of the molecule is CC(=O)NC1CCC(C(CCCCNC(=O)CCC(=O)N2Cc3ccccc3C#Cc3ccccc32)C(=O)O)C1. The Bertz CT molecular complexity index is 1310. The van der Waals surface area contributed by atoms with E-state index in [4.69, 9.17) is 0 Å². The number of para-hydroxylation sites is 1. The Morgan fingerprint density at radius 1 is 0.975 bits per heavy atom. The van der Waals surface area contributed by atoms with Gasteiger partial charge in [-0.05, 0) is 61.8 Å². The second-order valence-corrected chi connectivity index (χ2v) is 10.7. The first-order valence-electron chi connectivity index (χ1n) is 14.1. The maximum absolute atomic E-state index is 13.3. The fourth-order valence-corrected chi connectivity index (χ4v) is 5.73. The van der Waals surface area contributed by atoms with Crippen molar-refractivity contribution in [2.24, 2.45) is 11.8 Å². The van der Waals surface area contributed by atoms with E-state index < -0.39 is 11.9 Å². The molecule has 1 saturated carbocycles. The molecule has 8 nitrogen and oxygen atoms in total. The third-order valence-electron chi connectivity index (χ3n) is 7.77. The molecule has 1 fully saturated rings. The van der Waals surface area contributed by atoms with Crippen LogP contribution in [0.5, 0.6) is 0 Å². The van der Waals surface area contributed by atoms with Crippen molar-refractivity contribution in [1.82, 2.24) is 10.6 Å². The van der Waals surface area contributed by atoms with Crippen LogP contribution in [0.1, 0.15) is 75.0 Å². The Morgan fingerprint density at radius 2 is 1.70 bits per heavy atom. The van der Waals surface area contributed by atoms with Crippen LogP contribution < -0.4 is 15.5 Å². The number of unbranched alkanes of at least 4 members (excludes halogenated alkanes) is 1. The van der Waals surface area contributed by atoms with E-state index in [0.717, 1.165) is 35.2 Å². The number of fused-ring (bicyclic) bond motifs is 2. The molecule has 0 bridgehead atoms. The summed E-state index contributed by atoms with van der Waals surface area (Å²) in [5.74, 6) is 4.78. The molecule has 1 heterocycles. The second kappa shape index (κ2) is 13.8. The van der Waals surface area contributed by atoms with Crippen LogP contribution in [-0.2, 0) is 25.7 Å². The number of carbonyl (C=O) groups is 4. The summed E-state index contributed by atoms with van der Waals surface area (Å²) in [4.78, 5) is 50.7. The molecule has 0 radical (unpaired) electrons. The molecule has 4 rings (SSSR count). The van der Waals surface area contributed by atoms with E-state index in [1.54, 1.807) is 4.90 Å². The van der Waals surface area contributed by atoms with E-state index in [1.807, 2.05) is 48.5 Å². The highest BCUT2D eigenvalue weighted by molar-refractivity contribution is 5.96. The highest BCUT2D eigenvalue weighted by Gasteiger charge is 2.34. The molecule has 2 aliphatic rings. The number of aliphatic carboxylic acids is 1. The Morgan fingerprint density at radius 3 is 2.48 bits per heavy atom. The first-order chi connectivity index (χ1) is 19.3. The summed E-state index contributed by atoms with van der Waals surface area (Å²) < 4.78 is 0. The van der Waals surface area contributed by atoms with Crippen LogP contribution in [0, 0.1) is 23.7 Å². The summed E-state index contributed by atoms with van der Waals surface area (Å²) in [6.07, 6.45) is 4.35. The van der Waals surface area contributed by atoms with Crippen LogP contribution in [0.4, 0.5) is 5.69 Å². The predicted molar refractivity (Wildman–Crippen MR) is 152 cm³/mol. The van der Waals surface area contributed by atoms with Crippen LogP contribution in [-0.4, -0.2) is 41.4 Å². The van der Waals surface area contributed by atoms with Gasteiger partial charge in [-0.15, -0.1) is 0 Å². The molecule has 1 aliphatic carbocycles. The van der Waals surface area contributed by atoms with Gasteiger partial charge in [-0.2, -0.15) is 0 Å². The predicted octanol–water partition coefficient (Wildman–Crippen LogP) is 4.01. The maximum Gasteiger partial charge on any atom is 0.306 e. The molecule has 0 spiro atoms. The van der Waals surface area contributed by atoms with Crippen molar-refractivity contribution in [2.75, 3.05) is 11.4 Å². The normalized spacial score (nSPS) is 18.2. The van der Waals surface area contributed by atoms with Crippen molar-refractivity contribution in [3.8, 4) is 11.8 Å². The molecule has 40 heavy (non-hydrogen) atoms. The topological polar surface area (TPSA) is 116 Å². The van der Waals surface area contributed by atoms with Gasteiger partial charge in [-0.1, -0.05) is 48.6 Å². The van der Waals surface area contributed by atoms with E-state index in [9.17, 15) is 24.3 Å². The minimum Gasteiger partial charge on any atom is -0.481 e. The number of nitrogens with one attached hydrogen (secondary N) is 2. The number of benzene rings is 2. The van der Waals surface area contributed by atoms with Crippen LogP contribution in [0.2, 0.25) is 0 Å². The molecule has 3 N–H and O–H groups in total. The average Bonchev–Trinajstić information content (AvgIpc) is 3.37. The highest BCUT2D eigenvalue weighted by Crippen LogP contribution is 2.34. The van der Waals surface area contributed by atoms with Crippen molar-refractivity contribution in [3.63, 3.8) is 0 Å². The number of carboxylic acid groups (broad SMARTS) is 1. The van der Waals surface area contributed by atoms with Gasteiger partial charge < -0.3 is 20.6 Å². The summed E-state index contributed by atoms with van der Waals surface area (Å²) in [5, 5.41) is 15.5. The minimum atomic E-state index is -0.796. The first-order valence-corrected chi connectivity index (χ1v) is 14.1. The molecule has 3 unspecified atom stereocenters. The molecule has 2 aromatic rings. The van der Waals surface area contributed by atoms with Crippen molar-refractivity contribution >= 4 is 29.4 Å². The fraction of sp³-hybridized carbons (Fsp3) is 0.438. The summed E-state index contributed by atoms with van der Waals surface area (Å²) in [7, 11) is 0. The number of hydrogen-bond acceptors (Lipinski definition) is 4. The number of anilines is 1. The van der Waals surface area contributed by atoms with E-state index in [2.05, 4.69) is 22.5 Å². The molecule has 0 saturated heterocycles. The lowest BCUT2D eigenvalue weighted by atomic mass is 9.86. The standard InChI is InChI=1S/C32H37N3O5/c1-22(36)34-27-16-15-25(20-27)28(32(39)40)11-6-7-19-33-30(37)17-18-31(38)35-21-26-10-3-2-8-23(26)13-14-24-9-4-5-12-29(24)35/h2-5,8-10,12,25,27-28H,6-7,11,15-21H2,1H3,(H,33,37)(H,34,36)(H,39,40). The third kappa shape index (κ3) is 7.72. The smallest absolute Gasteiger partial charge is 0.306 e. The van der Waals surface area contributed by atoms with Crippen molar-refractivity contribution in [1.29, 1.82) is 0 Å². The van der Waals surface area contributed by atoms with Gasteiger partial charge in [0.05, 0.1) is 18.2 Å². The zero-order valence-corrected chi connectivity index (χ0v) is 22.9. The van der Waals surface area contributed by atoms with Gasteiger partial charge in [0.25, 0.3) is 0 Å². The van der Waals surface area contributed by atoms with Crippen molar-refractivity contribution in [2.45, 2.75) is 70.9 Å². The van der Waals surface area contributed by atoms with E-state index in [0.29, 0.717) is 38.8 Å². The zero-order valence-electron chi connectivity index (χ0n) is 22.9. The maximum atomic E-state index is 13.3. The Labute approximate surface area is 235 Å². The lowest BCUT2D eigenvalue weighted by Crippen LogP contribution is -2.33. The third-order valence-corrected chi connectivity index (χ3v) is 7.77. The van der Waals surface area contributed by atoms with Crippen molar-refractivity contribution in [3.05, 3.63) is 65.2 Å². The Kier molecular flexibility index (Phi) is 9.96. The van der Waals surface area contributed by atoms with Gasteiger partial charge in [0.1, 0.15) is 0 Å². The largest absolute Gasteiger partial charge is 0.481 e. The van der Waals surface area contributed by atoms with Gasteiger partial charge in [0, 0.05) is 43.5 Å². The van der Waals surface area contributed by atoms with Crippen LogP contribution >= 0.6 is 0 Å². The van der Waals surface area contributed by atoms with Gasteiger partial charge >= 0.3 is 5.97 Å². The van der Waals surface area contributed by atoms with E-state index in [-0.39, 0.29) is 42.5 Å². The Balaban J connectivity index is 1.22. The monoisotopic (exact) mass is 543 g/mol. The summed E-state index contributed by atoms with van der Waals surface area (Å²) in [5.41, 5.74) is 3.37. The first kappa shape index (κ1) is 28.9. The van der Waals surface area contributed by atoms with Crippen LogP contribution in [0.25, 0.3) is 0 Å². The molecule has 1 aliphatic heterocycles. The van der Waals surface area contributed by atoms with E-state index >= 15 is 0 Å². The second-order valence-electron chi connectivity index (χ2n) is 10.7. The summed E-state index contributed by atoms with van der Waals surface area (Å²) >= 11 is 0. The minimum absolute atomic E-state index is 0.0567. The number of amides is 3. The van der Waals surface area contributed by atoms with Crippen LogP contribution in [0.15, 0.2) is 48.5 Å². The number of carboxylic acids is 1. The lowest BCUT2D eigenvalue weighted by Gasteiger charge is -2.26. The average molecular weight is 544 g/mol. The van der Waals surface area contributed by atoms with E-state index in [1.165, 1.54) is 6.92 Å². The van der Waals surface area contributed by atoms with Gasteiger partial charge in [0.2, 0.25) is 17.7 Å². The summed E-state index contributed by atoms with van der Waals surface area (Å²) in [6, 6.07) is 15.4. The van der Waals surface area contributed by atoms with Gasteiger partial charge in [-0.25, -0.2) is 0 Å². The zero-order chi connectivity index (χ0) is 28.5. The molecular formula is C32H37N3O5. The van der Waals surface area contributed by atoms with Gasteiger partial charge in [0.15, 0.2) is 0 Å².